The third-order valence-corrected chi connectivity index (χ3v) is 4.57. The van der Waals surface area contributed by atoms with Crippen LogP contribution < -0.4 is 25.0 Å². The molecule has 2 aromatic carbocycles. The van der Waals surface area contributed by atoms with Gasteiger partial charge in [-0.25, -0.2) is 5.43 Å². The van der Waals surface area contributed by atoms with Crippen molar-refractivity contribution in [2.24, 2.45) is 5.10 Å². The van der Waals surface area contributed by atoms with Crippen LogP contribution in [0.4, 0.5) is 5.69 Å². The van der Waals surface area contributed by atoms with Gasteiger partial charge in [-0.1, -0.05) is 5.92 Å². The fraction of sp³-hybridized carbons (Fsp3) is 0.261. The van der Waals surface area contributed by atoms with Crippen molar-refractivity contribution in [2.45, 2.75) is 19.8 Å². The van der Waals surface area contributed by atoms with Crippen LogP contribution in [0.25, 0.3) is 0 Å². The average molecular weight is 502 g/mol. The molecule has 0 aromatic heterocycles. The second kappa shape index (κ2) is 13.0. The molecule has 0 aliphatic rings. The Kier molecular flexibility index (Phi) is 10.1. The maximum absolute atomic E-state index is 12.0. The second-order valence-corrected chi connectivity index (χ2v) is 7.18. The number of terminal acetylenes is 1. The van der Waals surface area contributed by atoms with Gasteiger partial charge in [-0.3, -0.25) is 9.59 Å². The van der Waals surface area contributed by atoms with E-state index in [9.17, 15) is 9.59 Å². The molecule has 0 spiro atoms. The Morgan fingerprint density at radius 2 is 1.88 bits per heavy atom. The zero-order chi connectivity index (χ0) is 23.3. The first-order chi connectivity index (χ1) is 15.5. The summed E-state index contributed by atoms with van der Waals surface area (Å²) in [5.74, 6) is 3.40. The Balaban J connectivity index is 1.82. The van der Waals surface area contributed by atoms with Crippen molar-refractivity contribution in [1.29, 1.82) is 0 Å². The van der Waals surface area contributed by atoms with Crippen molar-refractivity contribution >= 4 is 39.6 Å². The average Bonchev–Trinajstić information content (AvgIpc) is 2.78. The number of nitrogens with zero attached hydrogens (tertiary/aromatic N) is 1. The molecule has 0 radical (unpaired) electrons. The topological polar surface area (TPSA) is 98.2 Å². The number of halogens is 1. The smallest absolute Gasteiger partial charge is 0.240 e. The number of hydrazone groups is 1. The fourth-order valence-electron chi connectivity index (χ4n) is 2.55. The van der Waals surface area contributed by atoms with Gasteiger partial charge in [-0.15, -0.1) is 6.42 Å². The zero-order valence-electron chi connectivity index (χ0n) is 17.8. The standard InChI is InChI=1S/C23H24BrN3O5/c1-4-12-32-23-19(24)13-16(14-20(23)30-3)15-25-27-22(29)11-10-21(28)26-17-6-8-18(9-7-17)31-5-2/h1,6-9,13-15H,5,10-12H2,2-3H3,(H,26,28)(H,27,29). The number of benzene rings is 2. The normalized spacial score (nSPS) is 10.3. The third kappa shape index (κ3) is 7.96. The molecule has 0 unspecified atom stereocenters. The SMILES string of the molecule is C#CCOc1c(Br)cc(C=NNC(=O)CCC(=O)Nc2ccc(OCC)cc2)cc1OC. The first kappa shape index (κ1) is 24.8. The minimum Gasteiger partial charge on any atom is -0.494 e. The molecule has 0 aliphatic carbocycles. The molecule has 2 aromatic rings. The van der Waals surface area contributed by atoms with Crippen LogP contribution in [0.5, 0.6) is 17.2 Å². The van der Waals surface area contributed by atoms with Crippen molar-refractivity contribution in [3.05, 3.63) is 46.4 Å². The van der Waals surface area contributed by atoms with Crippen molar-refractivity contribution < 1.29 is 23.8 Å². The largest absolute Gasteiger partial charge is 0.494 e. The summed E-state index contributed by atoms with van der Waals surface area (Å²) in [4.78, 5) is 24.0. The highest BCUT2D eigenvalue weighted by Gasteiger charge is 2.11. The van der Waals surface area contributed by atoms with Gasteiger partial charge in [0.15, 0.2) is 11.5 Å². The van der Waals surface area contributed by atoms with Crippen LogP contribution in [0.15, 0.2) is 46.0 Å². The van der Waals surface area contributed by atoms with Gasteiger partial charge in [0.2, 0.25) is 11.8 Å². The van der Waals surface area contributed by atoms with E-state index >= 15 is 0 Å². The molecular weight excluding hydrogens is 478 g/mol. The van der Waals surface area contributed by atoms with E-state index in [1.165, 1.54) is 13.3 Å². The van der Waals surface area contributed by atoms with Gasteiger partial charge in [-0.05, 0) is 64.8 Å². The molecule has 0 heterocycles. The number of hydrogen-bond acceptors (Lipinski definition) is 6. The summed E-state index contributed by atoms with van der Waals surface area (Å²) in [6.45, 7) is 2.57. The highest BCUT2D eigenvalue weighted by molar-refractivity contribution is 9.10. The van der Waals surface area contributed by atoms with Crippen LogP contribution in [0.3, 0.4) is 0 Å². The Hall–Kier alpha value is -3.51. The second-order valence-electron chi connectivity index (χ2n) is 6.33. The lowest BCUT2D eigenvalue weighted by Crippen LogP contribution is -2.20. The minimum atomic E-state index is -0.386. The number of rotatable bonds is 11. The molecule has 0 aliphatic heterocycles. The lowest BCUT2D eigenvalue weighted by Gasteiger charge is -2.11. The predicted octanol–water partition coefficient (Wildman–Crippen LogP) is 3.74. The predicted molar refractivity (Wildman–Crippen MR) is 126 cm³/mol. The highest BCUT2D eigenvalue weighted by atomic mass is 79.9. The summed E-state index contributed by atoms with van der Waals surface area (Å²) < 4.78 is 16.7. The van der Waals surface area contributed by atoms with E-state index in [4.69, 9.17) is 20.6 Å². The lowest BCUT2D eigenvalue weighted by atomic mass is 10.2. The van der Waals surface area contributed by atoms with E-state index < -0.39 is 0 Å². The van der Waals surface area contributed by atoms with Crippen molar-refractivity contribution in [1.82, 2.24) is 5.43 Å². The number of carbonyl (C=O) groups excluding carboxylic acids is 2. The number of anilines is 1. The highest BCUT2D eigenvalue weighted by Crippen LogP contribution is 2.36. The van der Waals surface area contributed by atoms with Crippen molar-refractivity contribution in [2.75, 3.05) is 25.6 Å². The maximum Gasteiger partial charge on any atom is 0.240 e. The number of ether oxygens (including phenoxy) is 3. The van der Waals surface area contributed by atoms with Gasteiger partial charge < -0.3 is 19.5 Å². The molecule has 9 heteroatoms. The molecule has 0 saturated heterocycles. The maximum atomic E-state index is 12.0. The molecule has 8 nitrogen and oxygen atoms in total. The first-order valence-corrected chi connectivity index (χ1v) is 10.5. The van der Waals surface area contributed by atoms with Crippen LogP contribution in [0.2, 0.25) is 0 Å². The molecule has 168 valence electrons. The molecular formula is C23H24BrN3O5. The number of nitrogens with one attached hydrogen (secondary N) is 2. The first-order valence-electron chi connectivity index (χ1n) is 9.75. The number of methoxy groups -OCH3 is 1. The van der Waals surface area contributed by atoms with Gasteiger partial charge in [-0.2, -0.15) is 5.10 Å². The van der Waals surface area contributed by atoms with E-state index in [2.05, 4.69) is 37.7 Å². The van der Waals surface area contributed by atoms with Crippen LogP contribution in [0.1, 0.15) is 25.3 Å². The molecule has 2 N–H and O–H groups in total. The van der Waals surface area contributed by atoms with Crippen molar-refractivity contribution in [3.63, 3.8) is 0 Å². The van der Waals surface area contributed by atoms with Crippen molar-refractivity contribution in [3.8, 4) is 29.6 Å². The number of amides is 2. The van der Waals surface area contributed by atoms with Gasteiger partial charge in [0.05, 0.1) is 24.4 Å². The van der Waals surface area contributed by atoms with Gasteiger partial charge in [0, 0.05) is 18.5 Å². The summed E-state index contributed by atoms with van der Waals surface area (Å²) in [6.07, 6.45) is 6.69. The van der Waals surface area contributed by atoms with Crippen LogP contribution in [-0.2, 0) is 9.59 Å². The quantitative estimate of drug-likeness (QED) is 0.277. The van der Waals surface area contributed by atoms with Gasteiger partial charge in [0.1, 0.15) is 12.4 Å². The molecule has 0 atom stereocenters. The Morgan fingerprint density at radius 3 is 2.53 bits per heavy atom. The summed E-state index contributed by atoms with van der Waals surface area (Å²) in [5, 5.41) is 6.65. The monoisotopic (exact) mass is 501 g/mol. The Labute approximate surface area is 195 Å². The van der Waals surface area contributed by atoms with E-state index in [0.29, 0.717) is 33.8 Å². The Bertz CT molecular complexity index is 1000. The molecule has 32 heavy (non-hydrogen) atoms. The molecule has 2 rings (SSSR count). The third-order valence-electron chi connectivity index (χ3n) is 3.98. The van der Waals surface area contributed by atoms with Gasteiger partial charge in [0.25, 0.3) is 0 Å². The number of carbonyl (C=O) groups is 2. The molecule has 0 fully saturated rings. The minimum absolute atomic E-state index is 0.00785. The summed E-state index contributed by atoms with van der Waals surface area (Å²) in [5.41, 5.74) is 3.69. The molecule has 2 amide bonds. The van der Waals surface area contributed by atoms with Crippen LogP contribution in [-0.4, -0.2) is 38.4 Å². The summed E-state index contributed by atoms with van der Waals surface area (Å²) in [6, 6.07) is 10.4. The van der Waals surface area contributed by atoms with Crippen LogP contribution >= 0.6 is 15.9 Å². The molecule has 0 bridgehead atoms. The summed E-state index contributed by atoms with van der Waals surface area (Å²) >= 11 is 3.40. The molecule has 0 saturated carbocycles. The van der Waals surface area contributed by atoms with Crippen LogP contribution in [0, 0.1) is 12.3 Å². The van der Waals surface area contributed by atoms with E-state index in [1.54, 1.807) is 36.4 Å². The summed E-state index contributed by atoms with van der Waals surface area (Å²) in [7, 11) is 1.51. The zero-order valence-corrected chi connectivity index (χ0v) is 19.4. The fourth-order valence-corrected chi connectivity index (χ4v) is 3.13. The number of hydrogen-bond donors (Lipinski definition) is 2. The van der Waals surface area contributed by atoms with E-state index in [0.717, 1.165) is 5.75 Å². The lowest BCUT2D eigenvalue weighted by molar-refractivity contribution is -0.124. The van der Waals surface area contributed by atoms with Gasteiger partial charge >= 0.3 is 0 Å². The Morgan fingerprint density at radius 1 is 1.16 bits per heavy atom. The van der Waals surface area contributed by atoms with E-state index in [1.807, 2.05) is 6.92 Å². The van der Waals surface area contributed by atoms with E-state index in [-0.39, 0.29) is 31.3 Å².